The number of unbranched alkanes of at least 4 members (excludes halogenated alkanes) is 3. The molecule has 0 fully saturated rings. The van der Waals surface area contributed by atoms with Crippen LogP contribution in [0.3, 0.4) is 0 Å². The third kappa shape index (κ3) is 5.31. The fourth-order valence-electron chi connectivity index (χ4n) is 6.67. The fourth-order valence-corrected chi connectivity index (χ4v) is 40.1. The number of benzene rings is 1. The Balaban J connectivity index is 2.92. The summed E-state index contributed by atoms with van der Waals surface area (Å²) in [5, 5.41) is 0. The second-order valence-electron chi connectivity index (χ2n) is 10.8. The van der Waals surface area contributed by atoms with Crippen molar-refractivity contribution in [3.8, 4) is 0 Å². The van der Waals surface area contributed by atoms with Crippen LogP contribution in [0.1, 0.15) is 109 Å². The van der Waals surface area contributed by atoms with Gasteiger partial charge >= 0.3 is 201 Å². The van der Waals surface area contributed by atoms with Crippen molar-refractivity contribution in [1.29, 1.82) is 0 Å². The second kappa shape index (κ2) is 12.1. The Kier molecular flexibility index (Phi) is 10.7. The Bertz CT molecular complexity index is 703. The van der Waals surface area contributed by atoms with Crippen molar-refractivity contribution in [3.63, 3.8) is 0 Å². The van der Waals surface area contributed by atoms with E-state index in [-0.39, 0.29) is 7.92 Å². The SMILES string of the molecule is CCC[CH2][Sn]([CH2]CCC)([CH2]CCC)[C]1(P(C(C)C)C(C)C)C=Cc2c(C)ccc(C)c21. The standard InChI is InChI=1S/C17H24P.3C4H9.Sn/c1-11(2)18(12(3)4)16-10-9-15-13(5)7-8-14(6)17(15)16;3*1-3-4-2;/h7-12H,1-6H3;3*1,3-4H2,2H3;. The first-order valence-electron chi connectivity index (χ1n) is 13.3. The Morgan fingerprint density at radius 1 is 0.774 bits per heavy atom. The molecule has 0 N–H and O–H groups in total. The topological polar surface area (TPSA) is 0 Å². The molecule has 0 saturated heterocycles. The molecular formula is C29H51PSn. The molecule has 1 aliphatic rings. The Labute approximate surface area is 200 Å². The average Bonchev–Trinajstić information content (AvgIpc) is 3.12. The van der Waals surface area contributed by atoms with E-state index in [4.69, 9.17) is 0 Å². The third-order valence-corrected chi connectivity index (χ3v) is 33.7. The summed E-state index contributed by atoms with van der Waals surface area (Å²) in [4.78, 5) is 0. The number of aryl methyl sites for hydroxylation is 2. The summed E-state index contributed by atoms with van der Waals surface area (Å²) >= 11 is -2.66. The van der Waals surface area contributed by atoms with Gasteiger partial charge in [0.05, 0.1) is 0 Å². The predicted molar refractivity (Wildman–Crippen MR) is 149 cm³/mol. The van der Waals surface area contributed by atoms with Crippen LogP contribution >= 0.6 is 7.92 Å². The summed E-state index contributed by atoms with van der Waals surface area (Å²) in [5.41, 5.74) is 8.09. The van der Waals surface area contributed by atoms with Crippen LogP contribution in [-0.2, 0) is 3.17 Å². The molecule has 0 aromatic heterocycles. The Morgan fingerprint density at radius 3 is 1.65 bits per heavy atom. The van der Waals surface area contributed by atoms with Crippen molar-refractivity contribution in [2.24, 2.45) is 0 Å². The van der Waals surface area contributed by atoms with Crippen LogP contribution in [0.15, 0.2) is 18.2 Å². The first kappa shape index (κ1) is 27.4. The number of hydrogen-bond acceptors (Lipinski definition) is 0. The number of fused-ring (bicyclic) bond motifs is 1. The molecule has 0 saturated carbocycles. The van der Waals surface area contributed by atoms with E-state index < -0.39 is 18.4 Å². The van der Waals surface area contributed by atoms with Crippen molar-refractivity contribution in [2.45, 2.75) is 129 Å². The second-order valence-corrected chi connectivity index (χ2v) is 29.4. The van der Waals surface area contributed by atoms with Crippen LogP contribution in [0.4, 0.5) is 0 Å². The fraction of sp³-hybridized carbons (Fsp3) is 0.724. The van der Waals surface area contributed by atoms with Crippen LogP contribution in [0.5, 0.6) is 0 Å². The summed E-state index contributed by atoms with van der Waals surface area (Å²) in [5.74, 6) is 0. The van der Waals surface area contributed by atoms with Crippen LogP contribution in [0, 0.1) is 13.8 Å². The van der Waals surface area contributed by atoms with Crippen LogP contribution in [0.2, 0.25) is 13.3 Å². The number of allylic oxidation sites excluding steroid dienone is 1. The summed E-state index contributed by atoms with van der Waals surface area (Å²) in [7, 11) is -0.110. The van der Waals surface area contributed by atoms with E-state index in [9.17, 15) is 0 Å². The monoisotopic (exact) mass is 550 g/mol. The van der Waals surface area contributed by atoms with Crippen LogP contribution in [0.25, 0.3) is 6.08 Å². The zero-order valence-electron chi connectivity index (χ0n) is 22.3. The number of hydrogen-bond donors (Lipinski definition) is 0. The summed E-state index contributed by atoms with van der Waals surface area (Å²) in [6.07, 6.45) is 13.9. The van der Waals surface area contributed by atoms with E-state index in [2.05, 4.69) is 86.6 Å². The molecule has 2 rings (SSSR count). The van der Waals surface area contributed by atoms with Gasteiger partial charge < -0.3 is 0 Å². The first-order valence-corrected chi connectivity index (χ1v) is 22.3. The van der Waals surface area contributed by atoms with Crippen LogP contribution in [-0.4, -0.2) is 29.7 Å². The predicted octanol–water partition coefficient (Wildman–Crippen LogP) is 10.2. The normalized spacial score (nSPS) is 18.6. The van der Waals surface area contributed by atoms with Gasteiger partial charge in [-0.3, -0.25) is 0 Å². The average molecular weight is 549 g/mol. The van der Waals surface area contributed by atoms with Gasteiger partial charge in [-0.15, -0.1) is 0 Å². The molecule has 1 atom stereocenters. The maximum atomic E-state index is 2.86. The van der Waals surface area contributed by atoms with Gasteiger partial charge in [-0.05, 0) is 0 Å². The van der Waals surface area contributed by atoms with Gasteiger partial charge in [-0.1, -0.05) is 0 Å². The molecule has 176 valence electrons. The molecule has 0 amide bonds. The van der Waals surface area contributed by atoms with E-state index in [0.717, 1.165) is 11.3 Å². The van der Waals surface area contributed by atoms with E-state index in [1.807, 2.05) is 5.56 Å². The van der Waals surface area contributed by atoms with E-state index in [1.54, 1.807) is 24.4 Å². The summed E-state index contributed by atoms with van der Waals surface area (Å²) in [6, 6.07) is 4.84. The van der Waals surface area contributed by atoms with E-state index in [0.29, 0.717) is 3.17 Å². The summed E-state index contributed by atoms with van der Waals surface area (Å²) in [6.45, 7) is 22.3. The van der Waals surface area contributed by atoms with E-state index in [1.165, 1.54) is 44.1 Å². The molecule has 1 aliphatic carbocycles. The van der Waals surface area contributed by atoms with Gasteiger partial charge in [0.15, 0.2) is 0 Å². The zero-order valence-corrected chi connectivity index (χ0v) is 26.0. The molecule has 2 heteroatoms. The molecular weight excluding hydrogens is 498 g/mol. The molecule has 0 bridgehead atoms. The quantitative estimate of drug-likeness (QED) is 0.170. The molecule has 0 spiro atoms. The molecule has 1 aromatic carbocycles. The minimum absolute atomic E-state index is 0.110. The number of rotatable bonds is 13. The Hall–Kier alpha value is 0.189. The van der Waals surface area contributed by atoms with Crippen molar-refractivity contribution >= 4 is 32.4 Å². The van der Waals surface area contributed by atoms with E-state index >= 15 is 0 Å². The third-order valence-electron chi connectivity index (χ3n) is 7.90. The van der Waals surface area contributed by atoms with Gasteiger partial charge in [-0.2, -0.15) is 0 Å². The molecule has 0 radical (unpaired) electrons. The first-order chi connectivity index (χ1) is 14.7. The van der Waals surface area contributed by atoms with Crippen molar-refractivity contribution in [3.05, 3.63) is 40.5 Å². The minimum atomic E-state index is -2.66. The maximum absolute atomic E-state index is 2.86. The molecule has 1 aromatic rings. The van der Waals surface area contributed by atoms with Crippen molar-refractivity contribution in [2.75, 3.05) is 0 Å². The van der Waals surface area contributed by atoms with Crippen molar-refractivity contribution in [1.82, 2.24) is 0 Å². The van der Waals surface area contributed by atoms with Gasteiger partial charge in [-0.25, -0.2) is 0 Å². The molecule has 0 heterocycles. The van der Waals surface area contributed by atoms with Gasteiger partial charge in [0.25, 0.3) is 0 Å². The Morgan fingerprint density at radius 2 is 1.23 bits per heavy atom. The van der Waals surface area contributed by atoms with Gasteiger partial charge in [0.1, 0.15) is 0 Å². The van der Waals surface area contributed by atoms with Crippen LogP contribution < -0.4 is 0 Å². The van der Waals surface area contributed by atoms with Gasteiger partial charge in [0.2, 0.25) is 0 Å². The zero-order chi connectivity index (χ0) is 23.2. The summed E-state index contributed by atoms with van der Waals surface area (Å²) < 4.78 is 5.22. The molecule has 0 aliphatic heterocycles. The molecule has 31 heavy (non-hydrogen) atoms. The van der Waals surface area contributed by atoms with Crippen molar-refractivity contribution < 1.29 is 0 Å². The molecule has 1 unspecified atom stereocenters. The van der Waals surface area contributed by atoms with Gasteiger partial charge in [0, 0.05) is 0 Å². The molecule has 0 nitrogen and oxygen atoms in total.